The van der Waals surface area contributed by atoms with Crippen LogP contribution in [0.2, 0.25) is 0 Å². The topological polar surface area (TPSA) is 47.0 Å². The molecule has 0 fully saturated rings. The molecule has 0 saturated carbocycles. The van der Waals surface area contributed by atoms with Gasteiger partial charge in [0.1, 0.15) is 12.4 Å². The highest BCUT2D eigenvalue weighted by Crippen LogP contribution is 2.20. The number of ether oxygens (including phenoxy) is 1. The van der Waals surface area contributed by atoms with E-state index in [0.717, 1.165) is 0 Å². The number of carbonyl (C=O) groups excluding carboxylic acids is 1. The van der Waals surface area contributed by atoms with E-state index < -0.39 is 5.97 Å². The Bertz CT molecular complexity index is 665. The summed E-state index contributed by atoms with van der Waals surface area (Å²) in [6, 6.07) is 3.02. The predicted molar refractivity (Wildman–Crippen MR) is 76.4 cm³/mol. The molecular formula is C11H10FIN2O2S. The minimum Gasteiger partial charge on any atom is -0.465 e. The number of aromatic amines is 1. The van der Waals surface area contributed by atoms with Crippen molar-refractivity contribution in [1.29, 1.82) is 0 Å². The third kappa shape index (κ3) is 2.56. The number of imidazole rings is 1. The van der Waals surface area contributed by atoms with Crippen molar-refractivity contribution in [2.75, 3.05) is 6.61 Å². The van der Waals surface area contributed by atoms with Crippen LogP contribution in [0, 0.1) is 14.2 Å². The average Bonchev–Trinajstić information content (AvgIpc) is 2.57. The van der Waals surface area contributed by atoms with Crippen molar-refractivity contribution in [3.63, 3.8) is 0 Å². The summed E-state index contributed by atoms with van der Waals surface area (Å²) in [7, 11) is 0. The lowest BCUT2D eigenvalue weighted by Gasteiger charge is -2.04. The zero-order valence-corrected chi connectivity index (χ0v) is 12.5. The van der Waals surface area contributed by atoms with Crippen molar-refractivity contribution >= 4 is 51.8 Å². The number of benzene rings is 1. The number of nitrogens with one attached hydrogen (secondary N) is 1. The number of rotatable bonds is 3. The normalized spacial score (nSPS) is 10.8. The number of hydrogen-bond donors (Lipinski definition) is 1. The number of esters is 1. The molecular weight excluding hydrogens is 370 g/mol. The van der Waals surface area contributed by atoms with Crippen LogP contribution in [0.4, 0.5) is 4.39 Å². The number of carbonyl (C=O) groups is 1. The molecule has 2 rings (SSSR count). The lowest BCUT2D eigenvalue weighted by atomic mass is 10.3. The summed E-state index contributed by atoms with van der Waals surface area (Å²) in [5, 5.41) is 0. The Morgan fingerprint density at radius 1 is 1.61 bits per heavy atom. The zero-order valence-electron chi connectivity index (χ0n) is 9.50. The summed E-state index contributed by atoms with van der Waals surface area (Å²) in [4.78, 5) is 14.4. The Morgan fingerprint density at radius 3 is 3.00 bits per heavy atom. The van der Waals surface area contributed by atoms with E-state index in [4.69, 9.17) is 17.0 Å². The summed E-state index contributed by atoms with van der Waals surface area (Å²) in [5.74, 6) is -0.733. The molecule has 1 N–H and O–H groups in total. The van der Waals surface area contributed by atoms with Crippen LogP contribution in [0.5, 0.6) is 0 Å². The molecule has 96 valence electrons. The van der Waals surface area contributed by atoms with E-state index in [0.29, 0.717) is 26.0 Å². The van der Waals surface area contributed by atoms with Crippen molar-refractivity contribution in [2.24, 2.45) is 0 Å². The Kier molecular flexibility index (Phi) is 4.00. The molecule has 0 unspecified atom stereocenters. The van der Waals surface area contributed by atoms with Gasteiger partial charge in [0.2, 0.25) is 0 Å². The van der Waals surface area contributed by atoms with Crippen LogP contribution in [-0.2, 0) is 16.1 Å². The van der Waals surface area contributed by atoms with Gasteiger partial charge in [0, 0.05) is 6.07 Å². The summed E-state index contributed by atoms with van der Waals surface area (Å²) >= 11 is 7.02. The third-order valence-corrected chi connectivity index (χ3v) is 3.56. The van der Waals surface area contributed by atoms with Crippen molar-refractivity contribution in [1.82, 2.24) is 9.55 Å². The van der Waals surface area contributed by atoms with Crippen molar-refractivity contribution in [3.8, 4) is 0 Å². The molecule has 1 heterocycles. The standard InChI is InChI=1S/C11H10FIN2O2S/c1-2-17-10(16)5-15-9-3-6(12)7(13)4-8(9)14-11(15)18/h3-4H,2,5H2,1H3,(H,14,18). The Hall–Kier alpha value is -0.960. The van der Waals surface area contributed by atoms with E-state index >= 15 is 0 Å². The highest BCUT2D eigenvalue weighted by molar-refractivity contribution is 14.1. The summed E-state index contributed by atoms with van der Waals surface area (Å²) in [5.41, 5.74) is 1.26. The molecule has 2 aromatic rings. The van der Waals surface area contributed by atoms with Gasteiger partial charge in [-0.15, -0.1) is 0 Å². The Labute approximate surface area is 121 Å². The van der Waals surface area contributed by atoms with E-state index in [1.165, 1.54) is 10.6 Å². The van der Waals surface area contributed by atoms with Gasteiger partial charge in [0.25, 0.3) is 0 Å². The molecule has 1 aromatic heterocycles. The van der Waals surface area contributed by atoms with E-state index in [1.807, 2.05) is 22.6 Å². The van der Waals surface area contributed by atoms with Gasteiger partial charge in [-0.05, 0) is 47.8 Å². The molecule has 4 nitrogen and oxygen atoms in total. The second kappa shape index (κ2) is 5.35. The van der Waals surface area contributed by atoms with E-state index in [-0.39, 0.29) is 12.4 Å². The highest BCUT2D eigenvalue weighted by atomic mass is 127. The van der Waals surface area contributed by atoms with Crippen LogP contribution in [0.3, 0.4) is 0 Å². The molecule has 0 aliphatic rings. The average molecular weight is 380 g/mol. The van der Waals surface area contributed by atoms with Gasteiger partial charge in [-0.2, -0.15) is 0 Å². The first kappa shape index (κ1) is 13.5. The summed E-state index contributed by atoms with van der Waals surface area (Å²) < 4.78 is 20.8. The summed E-state index contributed by atoms with van der Waals surface area (Å²) in [6.45, 7) is 2.02. The number of hydrogen-bond acceptors (Lipinski definition) is 3. The molecule has 0 spiro atoms. The fraction of sp³-hybridized carbons (Fsp3) is 0.273. The Balaban J connectivity index is 2.50. The number of aromatic nitrogens is 2. The first-order chi connectivity index (χ1) is 8.52. The van der Waals surface area contributed by atoms with Gasteiger partial charge in [-0.1, -0.05) is 0 Å². The number of fused-ring (bicyclic) bond motifs is 1. The molecule has 0 aliphatic heterocycles. The zero-order chi connectivity index (χ0) is 13.3. The fourth-order valence-corrected chi connectivity index (χ4v) is 2.38. The first-order valence-electron chi connectivity index (χ1n) is 5.26. The maximum atomic E-state index is 13.5. The molecule has 18 heavy (non-hydrogen) atoms. The quantitative estimate of drug-likeness (QED) is 0.506. The van der Waals surface area contributed by atoms with Gasteiger partial charge < -0.3 is 14.3 Å². The maximum Gasteiger partial charge on any atom is 0.326 e. The van der Waals surface area contributed by atoms with E-state index in [2.05, 4.69) is 4.98 Å². The monoisotopic (exact) mass is 380 g/mol. The van der Waals surface area contributed by atoms with Crippen molar-refractivity contribution in [2.45, 2.75) is 13.5 Å². The molecule has 0 aliphatic carbocycles. The molecule has 0 atom stereocenters. The van der Waals surface area contributed by atoms with Crippen LogP contribution < -0.4 is 0 Å². The first-order valence-corrected chi connectivity index (χ1v) is 6.74. The number of nitrogens with zero attached hydrogens (tertiary/aromatic N) is 1. The molecule has 0 radical (unpaired) electrons. The number of H-pyrrole nitrogens is 1. The lowest BCUT2D eigenvalue weighted by Crippen LogP contribution is -2.13. The second-order valence-electron chi connectivity index (χ2n) is 3.60. The van der Waals surface area contributed by atoms with Gasteiger partial charge in [0.15, 0.2) is 4.77 Å². The second-order valence-corrected chi connectivity index (χ2v) is 5.15. The van der Waals surface area contributed by atoms with Crippen molar-refractivity contribution in [3.05, 3.63) is 26.3 Å². The largest absolute Gasteiger partial charge is 0.465 e. The minimum atomic E-state index is -0.395. The summed E-state index contributed by atoms with van der Waals surface area (Å²) in [6.07, 6.45) is 0. The van der Waals surface area contributed by atoms with Crippen molar-refractivity contribution < 1.29 is 13.9 Å². The third-order valence-electron chi connectivity index (χ3n) is 2.41. The highest BCUT2D eigenvalue weighted by Gasteiger charge is 2.12. The van der Waals surface area contributed by atoms with Crippen LogP contribution in [-0.4, -0.2) is 22.1 Å². The SMILES string of the molecule is CCOC(=O)Cn1c(=S)[nH]c2cc(I)c(F)cc21. The van der Waals surface area contributed by atoms with Crippen LogP contribution >= 0.6 is 34.8 Å². The Morgan fingerprint density at radius 2 is 2.33 bits per heavy atom. The molecule has 0 saturated heterocycles. The van der Waals surface area contributed by atoms with Gasteiger partial charge in [0.05, 0.1) is 21.2 Å². The van der Waals surface area contributed by atoms with E-state index in [1.54, 1.807) is 13.0 Å². The van der Waals surface area contributed by atoms with Gasteiger partial charge in [-0.3, -0.25) is 4.79 Å². The van der Waals surface area contributed by atoms with E-state index in [9.17, 15) is 9.18 Å². The molecule has 7 heteroatoms. The smallest absolute Gasteiger partial charge is 0.326 e. The van der Waals surface area contributed by atoms with Crippen LogP contribution in [0.1, 0.15) is 6.92 Å². The number of halogens is 2. The fourth-order valence-electron chi connectivity index (χ4n) is 1.64. The van der Waals surface area contributed by atoms with Crippen LogP contribution in [0.25, 0.3) is 11.0 Å². The molecule has 1 aromatic carbocycles. The van der Waals surface area contributed by atoms with Crippen LogP contribution in [0.15, 0.2) is 12.1 Å². The maximum absolute atomic E-state index is 13.5. The molecule has 0 bridgehead atoms. The predicted octanol–water partition coefficient (Wildman–Crippen LogP) is 3.01. The lowest BCUT2D eigenvalue weighted by molar-refractivity contribution is -0.143. The minimum absolute atomic E-state index is 0.0211. The molecule has 0 amide bonds. The van der Waals surface area contributed by atoms with Gasteiger partial charge >= 0.3 is 5.97 Å². The van der Waals surface area contributed by atoms with Gasteiger partial charge in [-0.25, -0.2) is 4.39 Å².